The van der Waals surface area contributed by atoms with Crippen molar-refractivity contribution >= 4 is 54.0 Å². The van der Waals surface area contributed by atoms with E-state index < -0.39 is 19.8 Å². The Morgan fingerprint density at radius 3 is 2.43 bits per heavy atom. The lowest BCUT2D eigenvalue weighted by Crippen LogP contribution is -2.52. The van der Waals surface area contributed by atoms with E-state index in [0.29, 0.717) is 30.1 Å². The average Bonchev–Trinajstić information content (AvgIpc) is 3.80. The fourth-order valence-corrected chi connectivity index (χ4v) is 13.3. The lowest BCUT2D eigenvalue weighted by Gasteiger charge is -2.37. The number of fused-ring (bicyclic) bond motifs is 2. The Labute approximate surface area is 323 Å². The van der Waals surface area contributed by atoms with Crippen molar-refractivity contribution in [1.82, 2.24) is 4.90 Å². The van der Waals surface area contributed by atoms with Crippen molar-refractivity contribution in [3.63, 3.8) is 0 Å². The smallest absolute Gasteiger partial charge is 0.264 e. The minimum Gasteiger partial charge on any atom is -0.497 e. The Hall–Kier alpha value is -4.48. The molecule has 1 spiro atoms. The van der Waals surface area contributed by atoms with Gasteiger partial charge in [0.15, 0.2) is 5.60 Å². The predicted octanol–water partition coefficient (Wildman–Crippen LogP) is 6.65. The summed E-state index contributed by atoms with van der Waals surface area (Å²) < 4.78 is 12.7. The molecule has 11 heteroatoms. The Morgan fingerprint density at radius 2 is 1.74 bits per heavy atom. The van der Waals surface area contributed by atoms with Gasteiger partial charge in [-0.15, -0.1) is 0 Å². The summed E-state index contributed by atoms with van der Waals surface area (Å²) >= 11 is 6.71. The number of amides is 3. The number of halogens is 1. The maximum Gasteiger partial charge on any atom is 0.264 e. The van der Waals surface area contributed by atoms with E-state index in [1.165, 1.54) is 0 Å². The fraction of sp³-hybridized carbons (Fsp3) is 0.372. The number of nitrogens with zero attached hydrogens (tertiary/aromatic N) is 3. The largest absolute Gasteiger partial charge is 0.497 e. The van der Waals surface area contributed by atoms with E-state index in [-0.39, 0.29) is 55.3 Å². The molecule has 3 heterocycles. The summed E-state index contributed by atoms with van der Waals surface area (Å²) in [5, 5.41) is 11.7. The molecular formula is C43H48ClN3O6Si. The van der Waals surface area contributed by atoms with Crippen molar-refractivity contribution in [2.75, 3.05) is 36.6 Å². The number of aliphatic hydroxyl groups excluding tert-OH is 1. The van der Waals surface area contributed by atoms with Gasteiger partial charge in [0.05, 0.1) is 46.5 Å². The highest BCUT2D eigenvalue weighted by atomic mass is 35.5. The molecule has 54 heavy (non-hydrogen) atoms. The van der Waals surface area contributed by atoms with Gasteiger partial charge in [0.25, 0.3) is 5.91 Å². The fourth-order valence-electron chi connectivity index (χ4n) is 9.09. The van der Waals surface area contributed by atoms with Gasteiger partial charge >= 0.3 is 0 Å². The van der Waals surface area contributed by atoms with Crippen LogP contribution in [0, 0.1) is 5.92 Å². The summed E-state index contributed by atoms with van der Waals surface area (Å²) in [6.45, 7) is 7.97. The Morgan fingerprint density at radius 1 is 1.00 bits per heavy atom. The van der Waals surface area contributed by atoms with Gasteiger partial charge in [-0.2, -0.15) is 0 Å². The van der Waals surface area contributed by atoms with Gasteiger partial charge in [0, 0.05) is 48.2 Å². The van der Waals surface area contributed by atoms with E-state index in [1.54, 1.807) is 23.0 Å². The highest BCUT2D eigenvalue weighted by molar-refractivity contribution is 6.91. The number of rotatable bonds is 12. The molecule has 2 saturated heterocycles. The molecule has 7 rings (SSSR count). The van der Waals surface area contributed by atoms with Crippen LogP contribution in [-0.4, -0.2) is 68.7 Å². The predicted molar refractivity (Wildman–Crippen MR) is 214 cm³/mol. The second kappa shape index (κ2) is 15.3. The van der Waals surface area contributed by atoms with Gasteiger partial charge in [-0.3, -0.25) is 14.4 Å². The first-order chi connectivity index (χ1) is 26.0. The van der Waals surface area contributed by atoms with Crippen LogP contribution in [0.1, 0.15) is 42.9 Å². The van der Waals surface area contributed by atoms with Crippen LogP contribution in [0.4, 0.5) is 11.4 Å². The molecule has 3 aliphatic rings. The van der Waals surface area contributed by atoms with Gasteiger partial charge in [0.1, 0.15) is 5.75 Å². The summed E-state index contributed by atoms with van der Waals surface area (Å²) in [6, 6.07) is 31.2. The van der Waals surface area contributed by atoms with E-state index in [2.05, 4.69) is 32.2 Å². The van der Waals surface area contributed by atoms with E-state index in [9.17, 15) is 14.7 Å². The standard InChI is InChI=1S/C43H48ClN3O6Si/c1-29-41(54(3,4)35-18-16-34(52-2)17-19-35)38(26-40(50)45(22-23-48)27-30-10-6-5-7-11-30)53-43(29)36-25-32(44)15-20-37(36)47(42(43)51)28-31-12-8-13-33(24-31)46-21-9-14-39(46)49/h5-8,10-13,15-20,24-25,29,38,41,48H,9,14,21-23,26-28H2,1-4H3/t29-,38+,41-,43+/m0/s1. The molecule has 0 bridgehead atoms. The van der Waals surface area contributed by atoms with Gasteiger partial charge in [-0.05, 0) is 65.6 Å². The van der Waals surface area contributed by atoms with Gasteiger partial charge in [-0.25, -0.2) is 0 Å². The molecule has 4 atom stereocenters. The highest BCUT2D eigenvalue weighted by Gasteiger charge is 2.66. The van der Waals surface area contributed by atoms with Crippen molar-refractivity contribution in [3.8, 4) is 5.75 Å². The topological polar surface area (TPSA) is 99.6 Å². The molecule has 1 N–H and O–H groups in total. The number of anilines is 2. The molecule has 0 aromatic heterocycles. The quantitative estimate of drug-likeness (QED) is 0.162. The van der Waals surface area contributed by atoms with E-state index in [1.807, 2.05) is 83.8 Å². The molecule has 282 valence electrons. The molecule has 4 aromatic carbocycles. The average molecular weight is 766 g/mol. The number of carbonyl (C=O) groups is 3. The molecule has 3 aliphatic heterocycles. The molecule has 0 saturated carbocycles. The minimum absolute atomic E-state index is 0.0469. The number of methoxy groups -OCH3 is 1. The zero-order valence-corrected chi connectivity index (χ0v) is 33.1. The van der Waals surface area contributed by atoms with Crippen molar-refractivity contribution in [2.45, 2.75) is 69.6 Å². The van der Waals surface area contributed by atoms with Gasteiger partial charge < -0.3 is 29.3 Å². The van der Waals surface area contributed by atoms with Crippen LogP contribution < -0.4 is 19.7 Å². The molecule has 2 fully saturated rings. The normalized spacial score (nSPS) is 22.3. The molecule has 0 unspecified atom stereocenters. The zero-order valence-electron chi connectivity index (χ0n) is 31.3. The molecule has 3 amide bonds. The van der Waals surface area contributed by atoms with Crippen LogP contribution in [0.2, 0.25) is 23.7 Å². The summed E-state index contributed by atoms with van der Waals surface area (Å²) in [6.07, 6.45) is 0.801. The Bertz CT molecular complexity index is 2030. The van der Waals surface area contributed by atoms with Crippen LogP contribution >= 0.6 is 11.6 Å². The maximum atomic E-state index is 15.3. The molecule has 0 aliphatic carbocycles. The number of hydrogen-bond acceptors (Lipinski definition) is 6. The lowest BCUT2D eigenvalue weighted by atomic mass is 9.82. The van der Waals surface area contributed by atoms with Crippen LogP contribution in [0.5, 0.6) is 5.75 Å². The third kappa shape index (κ3) is 6.85. The third-order valence-corrected chi connectivity index (χ3v) is 16.3. The second-order valence-corrected chi connectivity index (χ2v) is 20.4. The SMILES string of the molecule is COc1ccc([Si](C)(C)[C@@H]2[C@@H](CC(=O)N(CCO)Cc3ccccc3)O[C@]3(C(=O)N(Cc4cccc(N5CCCC5=O)c4)c4ccc(Cl)cc43)[C@H]2C)cc1. The van der Waals surface area contributed by atoms with Gasteiger partial charge in [0.2, 0.25) is 11.8 Å². The van der Waals surface area contributed by atoms with Crippen molar-refractivity contribution < 1.29 is 29.0 Å². The monoisotopic (exact) mass is 765 g/mol. The van der Waals surface area contributed by atoms with Crippen LogP contribution in [0.15, 0.2) is 97.1 Å². The number of benzene rings is 4. The summed E-state index contributed by atoms with van der Waals surface area (Å²) in [4.78, 5) is 47.5. The first-order valence-electron chi connectivity index (χ1n) is 18.7. The summed E-state index contributed by atoms with van der Waals surface area (Å²) in [5.41, 5.74) is 2.55. The van der Waals surface area contributed by atoms with Crippen LogP contribution in [-0.2, 0) is 37.8 Å². The van der Waals surface area contributed by atoms with Crippen molar-refractivity contribution in [1.29, 1.82) is 0 Å². The molecule has 0 radical (unpaired) electrons. The van der Waals surface area contributed by atoms with E-state index in [0.717, 1.165) is 39.9 Å². The second-order valence-electron chi connectivity index (χ2n) is 15.3. The van der Waals surface area contributed by atoms with Crippen LogP contribution in [0.3, 0.4) is 0 Å². The first kappa shape index (κ1) is 37.8. The summed E-state index contributed by atoms with van der Waals surface area (Å²) in [7, 11) is -0.883. The van der Waals surface area contributed by atoms with E-state index in [4.69, 9.17) is 21.1 Å². The first-order valence-corrected chi connectivity index (χ1v) is 22.2. The molecular weight excluding hydrogens is 718 g/mol. The van der Waals surface area contributed by atoms with Crippen molar-refractivity contribution in [2.24, 2.45) is 5.92 Å². The van der Waals surface area contributed by atoms with Crippen LogP contribution in [0.25, 0.3) is 0 Å². The highest BCUT2D eigenvalue weighted by Crippen LogP contribution is 2.60. The number of carbonyl (C=O) groups excluding carboxylic acids is 3. The number of ether oxygens (including phenoxy) is 2. The lowest BCUT2D eigenvalue weighted by molar-refractivity contribution is -0.150. The number of hydrogen-bond donors (Lipinski definition) is 1. The Balaban J connectivity index is 1.28. The van der Waals surface area contributed by atoms with E-state index >= 15 is 4.79 Å². The maximum absolute atomic E-state index is 15.3. The summed E-state index contributed by atoms with van der Waals surface area (Å²) in [5.74, 6) is 0.196. The Kier molecular flexibility index (Phi) is 10.7. The zero-order chi connectivity index (χ0) is 38.2. The third-order valence-electron chi connectivity index (χ3n) is 11.7. The van der Waals surface area contributed by atoms with Crippen molar-refractivity contribution in [3.05, 3.63) is 119 Å². The molecule has 9 nitrogen and oxygen atoms in total. The van der Waals surface area contributed by atoms with Gasteiger partial charge in [-0.1, -0.05) is 91.4 Å². The minimum atomic E-state index is -2.53. The number of aliphatic hydroxyl groups is 1. The molecule has 4 aromatic rings.